The molecule has 1 aliphatic rings. The van der Waals surface area contributed by atoms with Gasteiger partial charge in [0, 0.05) is 24.7 Å². The van der Waals surface area contributed by atoms with Crippen molar-refractivity contribution in [1.82, 2.24) is 10.2 Å². The summed E-state index contributed by atoms with van der Waals surface area (Å²) in [6, 6.07) is 2.11. The molecule has 0 aromatic heterocycles. The third-order valence-corrected chi connectivity index (χ3v) is 4.33. The lowest BCUT2D eigenvalue weighted by Crippen LogP contribution is -2.45. The smallest absolute Gasteiger partial charge is 0.0192 e. The SMILES string of the molecule is CCC(CC)NCC(C)N(C)C(C)C1CC1. The Morgan fingerprint density at radius 2 is 1.75 bits per heavy atom. The highest BCUT2D eigenvalue weighted by Gasteiger charge is 2.31. The van der Waals surface area contributed by atoms with Crippen molar-refractivity contribution in [2.24, 2.45) is 5.92 Å². The molecule has 1 N–H and O–H groups in total. The van der Waals surface area contributed by atoms with E-state index in [0.29, 0.717) is 12.1 Å². The second-order valence-corrected chi connectivity index (χ2v) is 5.51. The van der Waals surface area contributed by atoms with E-state index in [-0.39, 0.29) is 0 Å². The summed E-state index contributed by atoms with van der Waals surface area (Å²) in [5.74, 6) is 0.973. The predicted octanol–water partition coefficient (Wildman–Crippen LogP) is 2.88. The summed E-state index contributed by atoms with van der Waals surface area (Å²) in [6.45, 7) is 10.4. The summed E-state index contributed by atoms with van der Waals surface area (Å²) in [5, 5.41) is 3.67. The van der Waals surface area contributed by atoms with Gasteiger partial charge in [-0.05, 0) is 52.5 Å². The first-order chi connectivity index (χ1) is 7.60. The Morgan fingerprint density at radius 1 is 1.19 bits per heavy atom. The molecule has 0 radical (unpaired) electrons. The lowest BCUT2D eigenvalue weighted by atomic mass is 10.1. The molecule has 2 nitrogen and oxygen atoms in total. The van der Waals surface area contributed by atoms with Gasteiger partial charge in [0.25, 0.3) is 0 Å². The maximum atomic E-state index is 3.67. The molecule has 2 atom stereocenters. The molecule has 1 rings (SSSR count). The molecule has 0 aliphatic heterocycles. The molecule has 1 saturated carbocycles. The Labute approximate surface area is 102 Å². The van der Waals surface area contributed by atoms with Crippen LogP contribution in [0.2, 0.25) is 0 Å². The molecule has 2 unspecified atom stereocenters. The third-order valence-electron chi connectivity index (χ3n) is 4.33. The van der Waals surface area contributed by atoms with E-state index >= 15 is 0 Å². The summed E-state index contributed by atoms with van der Waals surface area (Å²) in [4.78, 5) is 2.55. The van der Waals surface area contributed by atoms with Crippen molar-refractivity contribution in [1.29, 1.82) is 0 Å². The average molecular weight is 226 g/mol. The van der Waals surface area contributed by atoms with E-state index in [9.17, 15) is 0 Å². The Hall–Kier alpha value is -0.0800. The summed E-state index contributed by atoms with van der Waals surface area (Å²) in [6.07, 6.45) is 5.37. The summed E-state index contributed by atoms with van der Waals surface area (Å²) in [5.41, 5.74) is 0. The Bertz CT molecular complexity index is 185. The van der Waals surface area contributed by atoms with Crippen LogP contribution < -0.4 is 5.32 Å². The molecule has 96 valence electrons. The number of nitrogens with zero attached hydrogens (tertiary/aromatic N) is 1. The average Bonchev–Trinajstić information content (AvgIpc) is 3.12. The first-order valence-electron chi connectivity index (χ1n) is 7.05. The number of rotatable bonds is 8. The van der Waals surface area contributed by atoms with E-state index in [1.165, 1.54) is 25.7 Å². The van der Waals surface area contributed by atoms with Gasteiger partial charge in [0.2, 0.25) is 0 Å². The number of hydrogen-bond acceptors (Lipinski definition) is 2. The van der Waals surface area contributed by atoms with Crippen LogP contribution in [0.4, 0.5) is 0 Å². The summed E-state index contributed by atoms with van der Waals surface area (Å²) >= 11 is 0. The molecule has 2 heteroatoms. The van der Waals surface area contributed by atoms with E-state index in [0.717, 1.165) is 18.5 Å². The lowest BCUT2D eigenvalue weighted by Gasteiger charge is -2.32. The van der Waals surface area contributed by atoms with Crippen molar-refractivity contribution in [3.63, 3.8) is 0 Å². The fourth-order valence-electron chi connectivity index (χ4n) is 2.37. The number of nitrogens with one attached hydrogen (secondary N) is 1. The van der Waals surface area contributed by atoms with Crippen LogP contribution >= 0.6 is 0 Å². The zero-order valence-corrected chi connectivity index (χ0v) is 11.8. The Kier molecular flexibility index (Phi) is 5.77. The minimum absolute atomic E-state index is 0.649. The van der Waals surface area contributed by atoms with E-state index in [1.54, 1.807) is 0 Å². The van der Waals surface area contributed by atoms with Crippen LogP contribution in [0, 0.1) is 5.92 Å². The maximum absolute atomic E-state index is 3.67. The Balaban J connectivity index is 2.24. The fourth-order valence-corrected chi connectivity index (χ4v) is 2.37. The second kappa shape index (κ2) is 6.61. The molecule has 0 saturated heterocycles. The normalized spacial score (nSPS) is 20.4. The number of likely N-dealkylation sites (N-methyl/N-ethyl adjacent to an activating group) is 1. The van der Waals surface area contributed by atoms with Crippen LogP contribution in [0.5, 0.6) is 0 Å². The van der Waals surface area contributed by atoms with Crippen LogP contribution in [0.3, 0.4) is 0 Å². The van der Waals surface area contributed by atoms with Gasteiger partial charge in [-0.25, -0.2) is 0 Å². The third kappa shape index (κ3) is 4.06. The molecule has 1 fully saturated rings. The fraction of sp³-hybridized carbons (Fsp3) is 1.00. The molecule has 1 aliphatic carbocycles. The quantitative estimate of drug-likeness (QED) is 0.684. The van der Waals surface area contributed by atoms with Crippen molar-refractivity contribution in [3.05, 3.63) is 0 Å². The topological polar surface area (TPSA) is 15.3 Å². The second-order valence-electron chi connectivity index (χ2n) is 5.51. The highest BCUT2D eigenvalue weighted by atomic mass is 15.2. The van der Waals surface area contributed by atoms with Gasteiger partial charge < -0.3 is 5.32 Å². The zero-order chi connectivity index (χ0) is 12.1. The molecule has 0 heterocycles. The van der Waals surface area contributed by atoms with Gasteiger partial charge in [0.15, 0.2) is 0 Å². The standard InChI is InChI=1S/C14H30N2/c1-6-14(7-2)15-10-11(3)16(5)12(4)13-8-9-13/h11-15H,6-10H2,1-5H3. The van der Waals surface area contributed by atoms with Gasteiger partial charge in [-0.2, -0.15) is 0 Å². The van der Waals surface area contributed by atoms with Crippen LogP contribution in [-0.4, -0.2) is 36.6 Å². The molecule has 0 amide bonds. The van der Waals surface area contributed by atoms with Crippen molar-refractivity contribution in [2.75, 3.05) is 13.6 Å². The lowest BCUT2D eigenvalue weighted by molar-refractivity contribution is 0.171. The van der Waals surface area contributed by atoms with E-state index in [2.05, 4.69) is 45.0 Å². The van der Waals surface area contributed by atoms with E-state index in [1.807, 2.05) is 0 Å². The van der Waals surface area contributed by atoms with Crippen molar-refractivity contribution < 1.29 is 0 Å². The monoisotopic (exact) mass is 226 g/mol. The van der Waals surface area contributed by atoms with Crippen LogP contribution in [0.1, 0.15) is 53.4 Å². The summed E-state index contributed by atoms with van der Waals surface area (Å²) < 4.78 is 0. The summed E-state index contributed by atoms with van der Waals surface area (Å²) in [7, 11) is 2.28. The predicted molar refractivity (Wildman–Crippen MR) is 71.8 cm³/mol. The number of hydrogen-bond donors (Lipinski definition) is 1. The van der Waals surface area contributed by atoms with Crippen molar-refractivity contribution >= 4 is 0 Å². The Morgan fingerprint density at radius 3 is 2.19 bits per heavy atom. The van der Waals surface area contributed by atoms with Crippen molar-refractivity contribution in [3.8, 4) is 0 Å². The minimum atomic E-state index is 0.649. The first-order valence-corrected chi connectivity index (χ1v) is 7.05. The minimum Gasteiger partial charge on any atom is -0.312 e. The van der Waals surface area contributed by atoms with Crippen LogP contribution in [-0.2, 0) is 0 Å². The van der Waals surface area contributed by atoms with E-state index in [4.69, 9.17) is 0 Å². The highest BCUT2D eigenvalue weighted by Crippen LogP contribution is 2.35. The largest absolute Gasteiger partial charge is 0.312 e. The maximum Gasteiger partial charge on any atom is 0.0192 e. The first kappa shape index (κ1) is 14.0. The van der Waals surface area contributed by atoms with Crippen molar-refractivity contribution in [2.45, 2.75) is 71.5 Å². The molecular formula is C14H30N2. The van der Waals surface area contributed by atoms with Gasteiger partial charge in [0.05, 0.1) is 0 Å². The highest BCUT2D eigenvalue weighted by molar-refractivity contribution is 4.86. The van der Waals surface area contributed by atoms with Gasteiger partial charge in [-0.3, -0.25) is 4.90 Å². The molecule has 0 aromatic rings. The zero-order valence-electron chi connectivity index (χ0n) is 11.8. The molecule has 0 bridgehead atoms. The molecule has 0 aromatic carbocycles. The molecule has 0 spiro atoms. The van der Waals surface area contributed by atoms with Gasteiger partial charge >= 0.3 is 0 Å². The van der Waals surface area contributed by atoms with Crippen LogP contribution in [0.25, 0.3) is 0 Å². The van der Waals surface area contributed by atoms with Gasteiger partial charge in [-0.15, -0.1) is 0 Å². The van der Waals surface area contributed by atoms with E-state index < -0.39 is 0 Å². The molecular weight excluding hydrogens is 196 g/mol. The van der Waals surface area contributed by atoms with Crippen LogP contribution in [0.15, 0.2) is 0 Å². The van der Waals surface area contributed by atoms with Gasteiger partial charge in [0.1, 0.15) is 0 Å². The molecule has 16 heavy (non-hydrogen) atoms. The van der Waals surface area contributed by atoms with Gasteiger partial charge in [-0.1, -0.05) is 13.8 Å².